The molecular weight excluding hydrogens is 627 g/mol. The standard InChI is InChI=1S/C37H54F2N6O2Si/c1-37(2,3)48(4,5)47-24-26-12-10-25(11-13-26)23-44-18-16-27(17-19-44)28-14-15-32(40-21-28)42-36-41-22-29-20-31(33(38)39)35(46)45(34(29)43-36)30-8-6-7-9-30/h14-15,20-22,25-27,30,33H,6-13,16-19,23-24H2,1-5H3,(H,40,41,42,43). The highest BCUT2D eigenvalue weighted by Crippen LogP contribution is 2.39. The molecule has 0 unspecified atom stereocenters. The zero-order valence-electron chi connectivity index (χ0n) is 29.5. The van der Waals surface area contributed by atoms with Crippen molar-refractivity contribution in [3.05, 3.63) is 52.1 Å². The molecule has 2 aliphatic carbocycles. The van der Waals surface area contributed by atoms with Crippen molar-refractivity contribution in [1.82, 2.24) is 24.4 Å². The molecule has 3 aliphatic rings. The Morgan fingerprint density at radius 2 is 1.65 bits per heavy atom. The zero-order chi connectivity index (χ0) is 34.1. The Bertz CT molecular complexity index is 1590. The van der Waals surface area contributed by atoms with Crippen molar-refractivity contribution in [3.63, 3.8) is 0 Å². The second kappa shape index (κ2) is 14.6. The number of alkyl halides is 2. The third-order valence-corrected chi connectivity index (χ3v) is 16.3. The van der Waals surface area contributed by atoms with E-state index in [9.17, 15) is 13.6 Å². The van der Waals surface area contributed by atoms with Gasteiger partial charge < -0.3 is 14.6 Å². The predicted octanol–water partition coefficient (Wildman–Crippen LogP) is 8.99. The molecule has 3 aromatic rings. The molecule has 0 atom stereocenters. The van der Waals surface area contributed by atoms with Gasteiger partial charge in [0.05, 0.1) is 5.56 Å². The molecule has 4 heterocycles. The van der Waals surface area contributed by atoms with Gasteiger partial charge in [0.1, 0.15) is 11.5 Å². The Morgan fingerprint density at radius 3 is 2.27 bits per heavy atom. The van der Waals surface area contributed by atoms with Crippen molar-refractivity contribution >= 4 is 31.1 Å². The highest BCUT2D eigenvalue weighted by molar-refractivity contribution is 6.74. The van der Waals surface area contributed by atoms with Crippen LogP contribution in [0.15, 0.2) is 35.4 Å². The molecule has 11 heteroatoms. The van der Waals surface area contributed by atoms with Crippen LogP contribution in [0.3, 0.4) is 0 Å². The molecule has 8 nitrogen and oxygen atoms in total. The molecule has 2 saturated carbocycles. The number of fused-ring (bicyclic) bond motifs is 1. The number of anilines is 2. The van der Waals surface area contributed by atoms with E-state index in [-0.39, 0.29) is 11.1 Å². The van der Waals surface area contributed by atoms with Gasteiger partial charge in [0.15, 0.2) is 8.32 Å². The second-order valence-electron chi connectivity index (χ2n) is 16.1. The smallest absolute Gasteiger partial charge is 0.269 e. The minimum Gasteiger partial charge on any atom is -0.417 e. The second-order valence-corrected chi connectivity index (χ2v) is 20.9. The van der Waals surface area contributed by atoms with Crippen LogP contribution >= 0.6 is 0 Å². The lowest BCUT2D eigenvalue weighted by Gasteiger charge is -2.39. The fourth-order valence-electron chi connectivity index (χ4n) is 7.63. The number of piperidine rings is 1. The van der Waals surface area contributed by atoms with Gasteiger partial charge in [-0.1, -0.05) is 39.7 Å². The Labute approximate surface area is 285 Å². The number of nitrogens with zero attached hydrogens (tertiary/aromatic N) is 5. The average Bonchev–Trinajstić information content (AvgIpc) is 3.59. The molecule has 6 rings (SSSR count). The molecule has 0 radical (unpaired) electrons. The largest absolute Gasteiger partial charge is 0.417 e. The number of likely N-dealkylation sites (tertiary alicyclic amines) is 1. The van der Waals surface area contributed by atoms with Crippen LogP contribution in [0.1, 0.15) is 114 Å². The highest BCUT2D eigenvalue weighted by atomic mass is 28.4. The van der Waals surface area contributed by atoms with Crippen molar-refractivity contribution in [1.29, 1.82) is 0 Å². The van der Waals surface area contributed by atoms with Gasteiger partial charge in [-0.15, -0.1) is 0 Å². The van der Waals surface area contributed by atoms with E-state index in [4.69, 9.17) is 4.43 Å². The van der Waals surface area contributed by atoms with Crippen LogP contribution in [-0.4, -0.2) is 59.0 Å². The van der Waals surface area contributed by atoms with Gasteiger partial charge in [-0.05, 0) is 118 Å². The van der Waals surface area contributed by atoms with E-state index in [0.717, 1.165) is 70.1 Å². The predicted molar refractivity (Wildman–Crippen MR) is 191 cm³/mol. The molecule has 3 aromatic heterocycles. The van der Waals surface area contributed by atoms with E-state index < -0.39 is 25.9 Å². The molecule has 0 spiro atoms. The Kier molecular flexibility index (Phi) is 10.7. The first-order chi connectivity index (χ1) is 22.9. The fraction of sp³-hybridized carbons (Fsp3) is 0.676. The fourth-order valence-corrected chi connectivity index (χ4v) is 8.72. The average molecular weight is 681 g/mol. The molecule has 1 aliphatic heterocycles. The minimum atomic E-state index is -2.84. The summed E-state index contributed by atoms with van der Waals surface area (Å²) in [4.78, 5) is 29.4. The van der Waals surface area contributed by atoms with Gasteiger partial charge in [-0.25, -0.2) is 18.7 Å². The molecular formula is C37H54F2N6O2Si. The normalized spacial score (nSPS) is 22.2. The number of rotatable bonds is 10. The highest BCUT2D eigenvalue weighted by Gasteiger charge is 2.38. The number of nitrogens with one attached hydrogen (secondary N) is 1. The molecule has 262 valence electrons. The molecule has 1 N–H and O–H groups in total. The monoisotopic (exact) mass is 680 g/mol. The number of hydrogen-bond acceptors (Lipinski definition) is 7. The molecule has 1 saturated heterocycles. The third kappa shape index (κ3) is 7.99. The van der Waals surface area contributed by atoms with Crippen LogP contribution in [0.25, 0.3) is 11.0 Å². The molecule has 0 amide bonds. The van der Waals surface area contributed by atoms with Gasteiger partial charge in [-0.3, -0.25) is 9.36 Å². The summed E-state index contributed by atoms with van der Waals surface area (Å²) in [6, 6.07) is 5.19. The van der Waals surface area contributed by atoms with Crippen LogP contribution < -0.4 is 10.9 Å². The summed E-state index contributed by atoms with van der Waals surface area (Å²) in [6.07, 6.45) is 11.6. The molecule has 0 bridgehead atoms. The Balaban J connectivity index is 1.00. The lowest BCUT2D eigenvalue weighted by molar-refractivity contribution is 0.129. The number of aromatic nitrogens is 4. The SMILES string of the molecule is CC(C)(C)[Si](C)(C)OCC1CCC(CN2CCC(c3ccc(Nc4ncc5cc(C(F)F)c(=O)n(C6CCCC6)c5n4)nc3)CC2)CC1. The van der Waals surface area contributed by atoms with Gasteiger partial charge in [0.25, 0.3) is 12.0 Å². The molecule has 3 fully saturated rings. The van der Waals surface area contributed by atoms with Crippen molar-refractivity contribution < 1.29 is 13.2 Å². The van der Waals surface area contributed by atoms with Crippen molar-refractivity contribution in [2.24, 2.45) is 11.8 Å². The summed E-state index contributed by atoms with van der Waals surface area (Å²) in [7, 11) is -1.67. The molecule has 48 heavy (non-hydrogen) atoms. The number of pyridine rings is 2. The van der Waals surface area contributed by atoms with Gasteiger partial charge >= 0.3 is 0 Å². The van der Waals surface area contributed by atoms with E-state index in [1.807, 2.05) is 12.3 Å². The summed E-state index contributed by atoms with van der Waals surface area (Å²) >= 11 is 0. The lowest BCUT2D eigenvalue weighted by atomic mass is 9.81. The maximum atomic E-state index is 13.7. The minimum absolute atomic E-state index is 0.127. The summed E-state index contributed by atoms with van der Waals surface area (Å²) < 4.78 is 35.4. The van der Waals surface area contributed by atoms with Crippen LogP contribution in [-0.2, 0) is 4.43 Å². The van der Waals surface area contributed by atoms with E-state index >= 15 is 0 Å². The van der Waals surface area contributed by atoms with Gasteiger partial charge in [-0.2, -0.15) is 4.98 Å². The van der Waals surface area contributed by atoms with E-state index in [2.05, 4.69) is 65.1 Å². The summed E-state index contributed by atoms with van der Waals surface area (Å²) in [5.74, 6) is 2.92. The van der Waals surface area contributed by atoms with E-state index in [1.54, 1.807) is 0 Å². The van der Waals surface area contributed by atoms with Crippen LogP contribution in [0, 0.1) is 11.8 Å². The first-order valence-electron chi connectivity index (χ1n) is 18.2. The van der Waals surface area contributed by atoms with Gasteiger partial charge in [0, 0.05) is 37.0 Å². The van der Waals surface area contributed by atoms with Crippen LogP contribution in [0.4, 0.5) is 20.5 Å². The zero-order valence-corrected chi connectivity index (χ0v) is 30.5. The Morgan fingerprint density at radius 1 is 0.958 bits per heavy atom. The third-order valence-electron chi connectivity index (χ3n) is 11.8. The topological polar surface area (TPSA) is 85.2 Å². The maximum Gasteiger partial charge on any atom is 0.269 e. The summed E-state index contributed by atoms with van der Waals surface area (Å²) in [5.41, 5.74) is 0.488. The number of hydrogen-bond donors (Lipinski definition) is 1. The van der Waals surface area contributed by atoms with Crippen molar-refractivity contribution in [2.45, 2.75) is 121 Å². The Hall–Kier alpha value is -2.76. The van der Waals surface area contributed by atoms with Crippen molar-refractivity contribution in [3.8, 4) is 0 Å². The lowest BCUT2D eigenvalue weighted by Crippen LogP contribution is -2.42. The molecule has 0 aromatic carbocycles. The number of halogens is 2. The van der Waals surface area contributed by atoms with Crippen LogP contribution in [0.2, 0.25) is 18.1 Å². The maximum absolute atomic E-state index is 13.7. The van der Waals surface area contributed by atoms with E-state index in [1.165, 1.54) is 54.6 Å². The quantitative estimate of drug-likeness (QED) is 0.214. The van der Waals surface area contributed by atoms with Gasteiger partial charge in [0.2, 0.25) is 5.95 Å². The first-order valence-corrected chi connectivity index (χ1v) is 21.1. The van der Waals surface area contributed by atoms with Crippen molar-refractivity contribution in [2.75, 3.05) is 31.6 Å². The van der Waals surface area contributed by atoms with Crippen LogP contribution in [0.5, 0.6) is 0 Å². The first kappa shape index (κ1) is 35.1. The summed E-state index contributed by atoms with van der Waals surface area (Å²) in [5, 5.41) is 3.88. The van der Waals surface area contributed by atoms with E-state index in [0.29, 0.717) is 28.7 Å². The summed E-state index contributed by atoms with van der Waals surface area (Å²) in [6.45, 7) is 16.1.